The molecule has 2 saturated heterocycles. The van der Waals surface area contributed by atoms with Gasteiger partial charge in [-0.3, -0.25) is 4.90 Å². The van der Waals surface area contributed by atoms with Crippen molar-refractivity contribution in [2.45, 2.75) is 56.3 Å². The minimum atomic E-state index is -0.927. The molecule has 1 saturated carbocycles. The smallest absolute Gasteiger partial charge is 0.319 e. The normalized spacial score (nSPS) is 24.8. The second-order valence-corrected chi connectivity index (χ2v) is 14.1. The van der Waals surface area contributed by atoms with E-state index in [-0.39, 0.29) is 66.7 Å². The molecule has 3 aliphatic heterocycles. The Kier molecular flexibility index (Phi) is 6.75. The van der Waals surface area contributed by atoms with Crippen LogP contribution in [0, 0.1) is 28.9 Å². The summed E-state index contributed by atoms with van der Waals surface area (Å²) in [4.78, 5) is 13.6. The Bertz CT molecular complexity index is 1930. The molecular formula is C32H30ClF3N6O2S. The molecule has 4 aliphatic rings. The van der Waals surface area contributed by atoms with Gasteiger partial charge < -0.3 is 20.1 Å². The molecule has 4 aromatic rings. The first-order valence-corrected chi connectivity index (χ1v) is 16.4. The second-order valence-electron chi connectivity index (χ2n) is 12.7. The van der Waals surface area contributed by atoms with Gasteiger partial charge in [-0.25, -0.2) is 13.2 Å². The van der Waals surface area contributed by atoms with Crippen LogP contribution < -0.4 is 20.1 Å². The van der Waals surface area contributed by atoms with E-state index in [0.717, 1.165) is 43.6 Å². The van der Waals surface area contributed by atoms with Crippen molar-refractivity contribution in [3.63, 3.8) is 0 Å². The van der Waals surface area contributed by atoms with E-state index in [4.69, 9.17) is 31.8 Å². The van der Waals surface area contributed by atoms with Gasteiger partial charge in [0.05, 0.1) is 32.8 Å². The third-order valence-corrected chi connectivity index (χ3v) is 11.4. The Morgan fingerprint density at radius 1 is 1.24 bits per heavy atom. The summed E-state index contributed by atoms with van der Waals surface area (Å²) in [5.41, 5.74) is 5.74. The summed E-state index contributed by atoms with van der Waals surface area (Å²) in [6.07, 6.45) is 4.06. The number of benzene rings is 2. The van der Waals surface area contributed by atoms with Crippen LogP contribution in [0.2, 0.25) is 5.02 Å². The van der Waals surface area contributed by atoms with E-state index >= 15 is 4.39 Å². The lowest BCUT2D eigenvalue weighted by Gasteiger charge is -2.34. The van der Waals surface area contributed by atoms with Crippen LogP contribution in [0.15, 0.2) is 12.1 Å². The first kappa shape index (κ1) is 28.9. The number of fused-ring (bicyclic) bond motifs is 2. The monoisotopic (exact) mass is 654 g/mol. The van der Waals surface area contributed by atoms with Crippen LogP contribution in [-0.4, -0.2) is 66.0 Å². The molecule has 13 heteroatoms. The number of rotatable bonds is 5. The third-order valence-electron chi connectivity index (χ3n) is 10.0. The molecule has 2 N–H and O–H groups in total. The number of hydrogen-bond acceptors (Lipinski definition) is 9. The van der Waals surface area contributed by atoms with Gasteiger partial charge in [-0.15, -0.1) is 11.3 Å². The van der Waals surface area contributed by atoms with Crippen LogP contribution in [0.4, 0.5) is 24.0 Å². The van der Waals surface area contributed by atoms with Crippen molar-refractivity contribution in [2.24, 2.45) is 5.92 Å². The zero-order valence-corrected chi connectivity index (χ0v) is 26.1. The van der Waals surface area contributed by atoms with Crippen LogP contribution in [-0.2, 0) is 0 Å². The maximum Gasteiger partial charge on any atom is 0.319 e. The second kappa shape index (κ2) is 10.5. The highest BCUT2D eigenvalue weighted by Crippen LogP contribution is 2.52. The minimum absolute atomic E-state index is 0.0251. The van der Waals surface area contributed by atoms with Crippen LogP contribution in [0.5, 0.6) is 11.8 Å². The molecule has 8 nitrogen and oxygen atoms in total. The molecule has 234 valence electrons. The maximum atomic E-state index is 17.1. The van der Waals surface area contributed by atoms with Crippen LogP contribution in [0.25, 0.3) is 32.1 Å². The van der Waals surface area contributed by atoms with Gasteiger partial charge in [-0.2, -0.15) is 15.2 Å². The van der Waals surface area contributed by atoms with Gasteiger partial charge in [0.15, 0.2) is 11.6 Å². The highest BCUT2D eigenvalue weighted by Gasteiger charge is 2.49. The zero-order valence-electron chi connectivity index (χ0n) is 24.5. The summed E-state index contributed by atoms with van der Waals surface area (Å²) >= 11 is 7.93. The Morgan fingerprint density at radius 2 is 2.07 bits per heavy atom. The number of aromatic nitrogens is 2. The molecule has 2 aromatic carbocycles. The number of hydrogen-bond donors (Lipinski definition) is 1. The largest absolute Gasteiger partial charge is 0.491 e. The Hall–Kier alpha value is -3.53. The van der Waals surface area contributed by atoms with Gasteiger partial charge in [-0.05, 0) is 49.8 Å². The molecular weight excluding hydrogens is 625 g/mol. The average molecular weight is 655 g/mol. The molecule has 0 amide bonds. The van der Waals surface area contributed by atoms with Crippen molar-refractivity contribution in [1.29, 1.82) is 5.26 Å². The van der Waals surface area contributed by atoms with Gasteiger partial charge in [-0.1, -0.05) is 17.7 Å². The van der Waals surface area contributed by atoms with Crippen molar-refractivity contribution in [3.05, 3.63) is 34.4 Å². The quantitative estimate of drug-likeness (QED) is 0.249. The molecule has 0 spiro atoms. The molecule has 1 aliphatic carbocycles. The molecule has 0 bridgehead atoms. The SMILES string of the molecule is CN1c2nc(OC[C@@]34CCCN3C[C@H](F)C4)nc3c(F)c(-c4ccc(F)c5sc(N)c(C#N)c45)c(Cl)c(c23)OCC[C@H]1C1CC1. The number of thiophene rings is 1. The molecule has 8 rings (SSSR count). The fourth-order valence-corrected chi connectivity index (χ4v) is 9.03. The number of anilines is 2. The van der Waals surface area contributed by atoms with Gasteiger partial charge in [0, 0.05) is 43.4 Å². The lowest BCUT2D eigenvalue weighted by atomic mass is 9.95. The number of nitriles is 1. The predicted octanol–water partition coefficient (Wildman–Crippen LogP) is 6.85. The molecule has 0 radical (unpaired) electrons. The fourth-order valence-electron chi connectivity index (χ4n) is 7.75. The first-order valence-electron chi connectivity index (χ1n) is 15.2. The Labute approximate surface area is 266 Å². The average Bonchev–Trinajstić information content (AvgIpc) is 3.58. The highest BCUT2D eigenvalue weighted by atomic mass is 35.5. The fraction of sp³-hybridized carbons (Fsp3) is 0.469. The molecule has 0 unspecified atom stereocenters. The third kappa shape index (κ3) is 4.42. The number of halogens is 4. The summed E-state index contributed by atoms with van der Waals surface area (Å²) in [6.45, 7) is 1.69. The summed E-state index contributed by atoms with van der Waals surface area (Å²) in [7, 11) is 1.93. The van der Waals surface area contributed by atoms with Crippen LogP contribution >= 0.6 is 22.9 Å². The molecule has 2 aromatic heterocycles. The number of nitrogens with zero attached hydrogens (tertiary/aromatic N) is 5. The number of nitrogens with two attached hydrogens (primary N) is 1. The summed E-state index contributed by atoms with van der Waals surface area (Å²) < 4.78 is 59.1. The van der Waals surface area contributed by atoms with Crippen LogP contribution in [0.1, 0.15) is 44.1 Å². The lowest BCUT2D eigenvalue weighted by Crippen LogP contribution is -2.43. The van der Waals surface area contributed by atoms with E-state index in [0.29, 0.717) is 43.1 Å². The molecule has 3 fully saturated rings. The number of ether oxygens (including phenoxy) is 2. The molecule has 3 atom stereocenters. The Balaban J connectivity index is 1.35. The molecule has 45 heavy (non-hydrogen) atoms. The van der Waals surface area contributed by atoms with Gasteiger partial charge in [0.2, 0.25) is 0 Å². The van der Waals surface area contributed by atoms with Gasteiger partial charge in [0.25, 0.3) is 0 Å². The first-order chi connectivity index (χ1) is 21.7. The maximum absolute atomic E-state index is 17.1. The minimum Gasteiger partial charge on any atom is -0.491 e. The summed E-state index contributed by atoms with van der Waals surface area (Å²) in [5, 5.41) is 10.5. The molecule has 5 heterocycles. The van der Waals surface area contributed by atoms with Crippen LogP contribution in [0.3, 0.4) is 0 Å². The zero-order chi connectivity index (χ0) is 31.2. The van der Waals surface area contributed by atoms with E-state index in [1.807, 2.05) is 18.0 Å². The topological polar surface area (TPSA) is 101 Å². The van der Waals surface area contributed by atoms with Crippen molar-refractivity contribution < 1.29 is 22.6 Å². The van der Waals surface area contributed by atoms with E-state index in [1.165, 1.54) is 12.1 Å². The Morgan fingerprint density at radius 3 is 2.84 bits per heavy atom. The van der Waals surface area contributed by atoms with Gasteiger partial charge in [0.1, 0.15) is 41.0 Å². The van der Waals surface area contributed by atoms with E-state index in [1.54, 1.807) is 0 Å². The standard InChI is InChI=1S/C32H30ClF3N6O2S/c1-41-20(15-3-4-15)7-10-43-27-23-26(39-31(40-30(23)41)44-14-32-8-2-9-42(32)13-16(34)11-32)25(36)22(24(27)33)17-5-6-19(35)28-21(17)18(12-37)29(38)45-28/h5-6,15-16,20H,2-4,7-11,13-14,38H2,1H3/t16-,20+,32+/m1/s1. The highest BCUT2D eigenvalue weighted by molar-refractivity contribution is 7.23. The van der Waals surface area contributed by atoms with E-state index in [9.17, 15) is 14.0 Å². The summed E-state index contributed by atoms with van der Waals surface area (Å²) in [5.74, 6) is -0.251. The van der Waals surface area contributed by atoms with Crippen molar-refractivity contribution in [3.8, 4) is 29.0 Å². The van der Waals surface area contributed by atoms with Crippen molar-refractivity contribution >= 4 is 54.7 Å². The van der Waals surface area contributed by atoms with Gasteiger partial charge >= 0.3 is 6.01 Å². The van der Waals surface area contributed by atoms with Crippen molar-refractivity contribution in [1.82, 2.24) is 14.9 Å². The summed E-state index contributed by atoms with van der Waals surface area (Å²) in [6, 6.07) is 4.73. The number of alkyl halides is 1. The van der Waals surface area contributed by atoms with E-state index < -0.39 is 23.3 Å². The number of nitrogen functional groups attached to an aromatic ring is 1. The van der Waals surface area contributed by atoms with E-state index in [2.05, 4.69) is 9.88 Å². The van der Waals surface area contributed by atoms with Crippen molar-refractivity contribution in [2.75, 3.05) is 44.0 Å². The predicted molar refractivity (Wildman–Crippen MR) is 168 cm³/mol. The lowest BCUT2D eigenvalue weighted by molar-refractivity contribution is 0.107.